The Morgan fingerprint density at radius 2 is 2.36 bits per heavy atom. The minimum absolute atomic E-state index is 0.333. The summed E-state index contributed by atoms with van der Waals surface area (Å²) in [5, 5.41) is 8.85. The van der Waals surface area contributed by atoms with Crippen molar-refractivity contribution in [1.29, 1.82) is 0 Å². The molecule has 1 fully saturated rings. The Kier molecular flexibility index (Phi) is 3.89. The number of esters is 1. The second-order valence-corrected chi connectivity index (χ2v) is 3.21. The van der Waals surface area contributed by atoms with E-state index in [0.29, 0.717) is 0 Å². The standard InChI is InChI=1S/C8H12BFO4/c1-4(12)13-7-5(2-10)6(3-11)14-8(7)9/h5-8,11H,2-3H2,1H3/t5-,6-,7-,8-/m1/s1. The molecular formula is C8H12BFO4. The number of hydrogen-bond acceptors (Lipinski definition) is 4. The molecule has 0 amide bonds. The lowest BCUT2D eigenvalue weighted by Gasteiger charge is -2.19. The molecule has 0 bridgehead atoms. The summed E-state index contributed by atoms with van der Waals surface area (Å²) >= 11 is 0. The molecule has 1 saturated heterocycles. The number of alkyl halides is 1. The number of carbonyl (C=O) groups excluding carboxylic acids is 1. The van der Waals surface area contributed by atoms with Crippen molar-refractivity contribution < 1.29 is 23.8 Å². The van der Waals surface area contributed by atoms with Crippen molar-refractivity contribution in [3.63, 3.8) is 0 Å². The van der Waals surface area contributed by atoms with Crippen molar-refractivity contribution >= 4 is 13.8 Å². The molecule has 0 aliphatic carbocycles. The molecule has 1 aliphatic rings. The van der Waals surface area contributed by atoms with Crippen LogP contribution in [0.4, 0.5) is 4.39 Å². The van der Waals surface area contributed by atoms with Gasteiger partial charge in [-0.05, 0) is 0 Å². The molecule has 0 aromatic rings. The van der Waals surface area contributed by atoms with Crippen LogP contribution in [-0.4, -0.2) is 50.4 Å². The van der Waals surface area contributed by atoms with E-state index in [0.717, 1.165) is 0 Å². The Balaban J connectivity index is 2.66. The van der Waals surface area contributed by atoms with Crippen molar-refractivity contribution in [1.82, 2.24) is 0 Å². The number of halogens is 1. The normalized spacial score (nSPS) is 37.1. The van der Waals surface area contributed by atoms with Crippen molar-refractivity contribution in [2.45, 2.75) is 25.1 Å². The van der Waals surface area contributed by atoms with Gasteiger partial charge in [0.1, 0.15) is 14.0 Å². The summed E-state index contributed by atoms with van der Waals surface area (Å²) in [6.07, 6.45) is -1.51. The number of aliphatic hydroxyl groups excluding tert-OH is 1. The van der Waals surface area contributed by atoms with Crippen LogP contribution in [0.25, 0.3) is 0 Å². The van der Waals surface area contributed by atoms with E-state index in [1.54, 1.807) is 0 Å². The maximum atomic E-state index is 12.6. The Morgan fingerprint density at radius 3 is 2.79 bits per heavy atom. The molecular weight excluding hydrogens is 190 g/mol. The van der Waals surface area contributed by atoms with E-state index in [1.165, 1.54) is 6.92 Å². The molecule has 1 heterocycles. The molecule has 4 atom stereocenters. The first kappa shape index (κ1) is 11.5. The van der Waals surface area contributed by atoms with Gasteiger partial charge in [0.05, 0.1) is 31.3 Å². The average molecular weight is 202 g/mol. The van der Waals surface area contributed by atoms with Gasteiger partial charge in [-0.25, -0.2) is 0 Å². The highest BCUT2D eigenvalue weighted by Gasteiger charge is 2.43. The largest absolute Gasteiger partial charge is 0.460 e. The third-order valence-corrected chi connectivity index (χ3v) is 2.22. The summed E-state index contributed by atoms with van der Waals surface area (Å²) in [4.78, 5) is 10.7. The highest BCUT2D eigenvalue weighted by atomic mass is 19.1. The Morgan fingerprint density at radius 1 is 1.71 bits per heavy atom. The topological polar surface area (TPSA) is 55.8 Å². The Bertz CT molecular complexity index is 214. The zero-order valence-corrected chi connectivity index (χ0v) is 7.85. The number of rotatable bonds is 3. The maximum Gasteiger partial charge on any atom is 0.302 e. The van der Waals surface area contributed by atoms with Gasteiger partial charge in [0.2, 0.25) is 0 Å². The average Bonchev–Trinajstić information content (AvgIpc) is 2.42. The van der Waals surface area contributed by atoms with Gasteiger partial charge in [0, 0.05) is 6.92 Å². The minimum Gasteiger partial charge on any atom is -0.460 e. The molecule has 0 saturated carbocycles. The van der Waals surface area contributed by atoms with E-state index in [4.69, 9.17) is 22.4 Å². The molecule has 0 unspecified atom stereocenters. The number of ether oxygens (including phenoxy) is 2. The SMILES string of the molecule is [B][C@@H]1O[C@H](CO)[C@@H](CF)[C@H]1OC(C)=O. The molecule has 0 spiro atoms. The smallest absolute Gasteiger partial charge is 0.302 e. The molecule has 14 heavy (non-hydrogen) atoms. The molecule has 0 aromatic carbocycles. The first-order valence-corrected chi connectivity index (χ1v) is 4.35. The summed E-state index contributed by atoms with van der Waals surface area (Å²) in [7, 11) is 5.48. The van der Waals surface area contributed by atoms with Crippen LogP contribution in [0.15, 0.2) is 0 Å². The Hall–Kier alpha value is -0.615. The molecule has 1 N–H and O–H groups in total. The van der Waals surface area contributed by atoms with Gasteiger partial charge >= 0.3 is 5.97 Å². The predicted octanol–water partition coefficient (Wildman–Crippen LogP) is -0.611. The van der Waals surface area contributed by atoms with E-state index in [-0.39, 0.29) is 6.61 Å². The van der Waals surface area contributed by atoms with Crippen molar-refractivity contribution in [2.75, 3.05) is 13.3 Å². The quantitative estimate of drug-likeness (QED) is 0.489. The minimum atomic E-state index is -0.864. The monoisotopic (exact) mass is 202 g/mol. The fourth-order valence-electron chi connectivity index (χ4n) is 1.55. The third kappa shape index (κ3) is 2.25. The van der Waals surface area contributed by atoms with E-state index < -0.39 is 36.8 Å². The summed E-state index contributed by atoms with van der Waals surface area (Å²) in [6, 6.07) is -0.864. The highest BCUT2D eigenvalue weighted by Crippen LogP contribution is 2.28. The lowest BCUT2D eigenvalue weighted by atomic mass is 9.88. The van der Waals surface area contributed by atoms with Crippen LogP contribution in [0.3, 0.4) is 0 Å². The molecule has 2 radical (unpaired) electrons. The Labute approximate surface area is 82.8 Å². The lowest BCUT2D eigenvalue weighted by molar-refractivity contribution is -0.149. The summed E-state index contributed by atoms with van der Waals surface area (Å²) in [5.74, 6) is -1.22. The number of hydrogen-bond donors (Lipinski definition) is 1. The second-order valence-electron chi connectivity index (χ2n) is 3.21. The van der Waals surface area contributed by atoms with Crippen LogP contribution in [-0.2, 0) is 14.3 Å². The van der Waals surface area contributed by atoms with Crippen molar-refractivity contribution in [3.8, 4) is 0 Å². The summed E-state index contributed by atoms with van der Waals surface area (Å²) in [5.41, 5.74) is 0. The molecule has 78 valence electrons. The number of aliphatic hydroxyl groups is 1. The summed E-state index contributed by atoms with van der Waals surface area (Å²) in [6.45, 7) is 0.144. The fraction of sp³-hybridized carbons (Fsp3) is 0.875. The van der Waals surface area contributed by atoms with Crippen LogP contribution in [0.5, 0.6) is 0 Å². The first-order valence-electron chi connectivity index (χ1n) is 4.35. The van der Waals surface area contributed by atoms with Crippen LogP contribution in [0, 0.1) is 5.92 Å². The second kappa shape index (κ2) is 4.75. The molecule has 1 aliphatic heterocycles. The zero-order chi connectivity index (χ0) is 10.7. The van der Waals surface area contributed by atoms with E-state index >= 15 is 0 Å². The van der Waals surface area contributed by atoms with E-state index in [9.17, 15) is 9.18 Å². The van der Waals surface area contributed by atoms with Gasteiger partial charge in [-0.3, -0.25) is 9.18 Å². The highest BCUT2D eigenvalue weighted by molar-refractivity contribution is 6.11. The van der Waals surface area contributed by atoms with Gasteiger partial charge in [-0.15, -0.1) is 0 Å². The van der Waals surface area contributed by atoms with Crippen LogP contribution >= 0.6 is 0 Å². The van der Waals surface area contributed by atoms with Gasteiger partial charge in [-0.1, -0.05) is 0 Å². The third-order valence-electron chi connectivity index (χ3n) is 2.22. The molecule has 0 aromatic heterocycles. The molecule has 4 nitrogen and oxygen atoms in total. The fourth-order valence-corrected chi connectivity index (χ4v) is 1.55. The molecule has 1 rings (SSSR count). The summed E-state index contributed by atoms with van der Waals surface area (Å²) < 4.78 is 22.4. The van der Waals surface area contributed by atoms with Gasteiger partial charge in [0.25, 0.3) is 0 Å². The maximum absolute atomic E-state index is 12.6. The number of carbonyl (C=O) groups is 1. The van der Waals surface area contributed by atoms with Crippen molar-refractivity contribution in [3.05, 3.63) is 0 Å². The van der Waals surface area contributed by atoms with Crippen LogP contribution in [0.2, 0.25) is 0 Å². The lowest BCUT2D eigenvalue weighted by Crippen LogP contribution is -2.34. The van der Waals surface area contributed by atoms with Gasteiger partial charge < -0.3 is 14.6 Å². The van der Waals surface area contributed by atoms with E-state index in [1.807, 2.05) is 0 Å². The van der Waals surface area contributed by atoms with Crippen molar-refractivity contribution in [2.24, 2.45) is 5.92 Å². The van der Waals surface area contributed by atoms with Gasteiger partial charge in [-0.2, -0.15) is 0 Å². The van der Waals surface area contributed by atoms with Crippen LogP contribution in [0.1, 0.15) is 6.92 Å². The predicted molar refractivity (Wildman–Crippen MR) is 46.5 cm³/mol. The van der Waals surface area contributed by atoms with E-state index in [2.05, 4.69) is 0 Å². The zero-order valence-electron chi connectivity index (χ0n) is 7.85. The molecule has 6 heteroatoms. The van der Waals surface area contributed by atoms with Crippen LogP contribution < -0.4 is 0 Å². The first-order chi connectivity index (χ1) is 6.60. The van der Waals surface area contributed by atoms with Gasteiger partial charge in [0.15, 0.2) is 0 Å².